The van der Waals surface area contributed by atoms with E-state index in [1.54, 1.807) is 12.1 Å². The van der Waals surface area contributed by atoms with Crippen molar-refractivity contribution in [2.24, 2.45) is 11.8 Å². The monoisotopic (exact) mass is 1590 g/mol. The largest absolute Gasteiger partial charge is 0.414 e. The van der Waals surface area contributed by atoms with Gasteiger partial charge < -0.3 is 64.9 Å². The Balaban J connectivity index is 1.26. The highest BCUT2D eigenvalue weighted by atomic mass is 127. The molecule has 9 unspecified atom stereocenters. The van der Waals surface area contributed by atoms with Crippen LogP contribution in [0.3, 0.4) is 0 Å². The molecule has 0 spiro atoms. The van der Waals surface area contributed by atoms with Crippen LogP contribution in [0.4, 0.5) is 0 Å². The van der Waals surface area contributed by atoms with Crippen molar-refractivity contribution in [3.8, 4) is 0 Å². The molecule has 1 aromatic carbocycles. The third-order valence-corrected chi connectivity index (χ3v) is 48.9. The van der Waals surface area contributed by atoms with Crippen LogP contribution in [-0.2, 0) is 66.4 Å². The minimum absolute atomic E-state index is 0.0151. The lowest BCUT2D eigenvalue weighted by atomic mass is 9.77. The summed E-state index contributed by atoms with van der Waals surface area (Å²) < 4.78 is 112. The van der Waals surface area contributed by atoms with Crippen molar-refractivity contribution in [1.29, 1.82) is 0 Å². The first kappa shape index (κ1) is 85.4. The summed E-state index contributed by atoms with van der Waals surface area (Å²) in [5.41, 5.74) is 1.83. The number of aliphatic hydroxyl groups excluding tert-OH is 1. The summed E-state index contributed by atoms with van der Waals surface area (Å²) in [7, 11) is -12.1. The SMILES string of the molecule is C=C1CC[C@H](CC[C@@H]2O[C@@H](CCC3OCCO3)CC2C)O[C@@H]1C[C@@H]1O[C@H](CC(CO[Si](C)(C)C(C)(C)C)O[Si](C)(C)C(C)(C)C)C[C@H]1CC(O)C(c1cccc(S(=O)O)c1)[C@H]1CC[C@@H]2OC([C@H](/C=C/I)O[Si](C)(C)C(C)(C)C)C(O[Si](C)(C)C(C)(C)C)C(O[Si](C)(C)C(C)(C)C)C2O1. The molecule has 0 bridgehead atoms. The molecule has 6 aliphatic heterocycles. The number of rotatable bonds is 29. The third-order valence-electron chi connectivity index (χ3n) is 25.4. The molecule has 6 aliphatic rings. The Morgan fingerprint density at radius 2 is 1.22 bits per heavy atom. The molecule has 7 rings (SSSR count). The van der Waals surface area contributed by atoms with Crippen LogP contribution in [0.5, 0.6) is 0 Å². The summed E-state index contributed by atoms with van der Waals surface area (Å²) in [6.45, 7) is 66.2. The topological polar surface area (TPSA) is 168 Å². The summed E-state index contributed by atoms with van der Waals surface area (Å²) in [6, 6.07) is 7.31. The van der Waals surface area contributed by atoms with Crippen LogP contribution in [-0.4, -0.2) is 173 Å². The maximum absolute atomic E-state index is 13.7. The number of hydrogen-bond donors (Lipinski definition) is 2. The van der Waals surface area contributed by atoms with Crippen molar-refractivity contribution in [3.05, 3.63) is 52.1 Å². The highest BCUT2D eigenvalue weighted by Crippen LogP contribution is 2.51. The maximum atomic E-state index is 13.7. The normalized spacial score (nSPS) is 31.2. The fourth-order valence-corrected chi connectivity index (χ4v) is 21.1. The Morgan fingerprint density at radius 1 is 0.653 bits per heavy atom. The molecular formula is C76H139IO15SSi5. The number of benzene rings is 1. The fraction of sp³-hybridized carbons (Fsp3) is 0.868. The Kier molecular flexibility index (Phi) is 29.4. The van der Waals surface area contributed by atoms with Gasteiger partial charge in [-0.05, 0) is 200 Å². The molecule has 19 atom stereocenters. The molecule has 0 radical (unpaired) electrons. The molecule has 566 valence electrons. The molecule has 0 saturated carbocycles. The van der Waals surface area contributed by atoms with Crippen molar-refractivity contribution in [2.75, 3.05) is 19.8 Å². The second-order valence-corrected chi connectivity index (χ2v) is 63.5. The first-order chi connectivity index (χ1) is 44.9. The van der Waals surface area contributed by atoms with Crippen molar-refractivity contribution in [2.45, 2.75) is 394 Å². The molecule has 98 heavy (non-hydrogen) atoms. The first-order valence-electron chi connectivity index (χ1n) is 37.6. The highest BCUT2D eigenvalue weighted by molar-refractivity contribution is 14.1. The quantitative estimate of drug-likeness (QED) is 0.0336. The van der Waals surface area contributed by atoms with E-state index in [0.29, 0.717) is 64.3 Å². The van der Waals surface area contributed by atoms with Gasteiger partial charge in [0, 0.05) is 25.2 Å². The zero-order valence-corrected chi connectivity index (χ0v) is 73.9. The lowest BCUT2D eigenvalue weighted by molar-refractivity contribution is -0.270. The van der Waals surface area contributed by atoms with Crippen LogP contribution in [0.15, 0.2) is 51.5 Å². The van der Waals surface area contributed by atoms with E-state index in [2.05, 4.69) is 216 Å². The van der Waals surface area contributed by atoms with Gasteiger partial charge in [-0.15, -0.1) is 0 Å². The van der Waals surface area contributed by atoms with E-state index in [1.165, 1.54) is 0 Å². The molecule has 15 nitrogen and oxygen atoms in total. The maximum Gasteiger partial charge on any atom is 0.193 e. The summed E-state index contributed by atoms with van der Waals surface area (Å²) >= 11 is 0.0399. The zero-order valence-electron chi connectivity index (χ0n) is 65.9. The van der Waals surface area contributed by atoms with Gasteiger partial charge in [0.05, 0.1) is 91.9 Å². The van der Waals surface area contributed by atoms with Crippen molar-refractivity contribution in [3.63, 3.8) is 0 Å². The highest BCUT2D eigenvalue weighted by Gasteiger charge is 2.59. The molecule has 0 amide bonds. The average molecular weight is 1590 g/mol. The van der Waals surface area contributed by atoms with Gasteiger partial charge in [-0.1, -0.05) is 152 Å². The van der Waals surface area contributed by atoms with E-state index >= 15 is 0 Å². The molecule has 6 heterocycles. The molecule has 2 N–H and O–H groups in total. The van der Waals surface area contributed by atoms with Gasteiger partial charge in [-0.3, -0.25) is 0 Å². The van der Waals surface area contributed by atoms with Gasteiger partial charge in [0.15, 0.2) is 59.0 Å². The number of fused-ring (bicyclic) bond motifs is 1. The Labute approximate surface area is 617 Å². The molecule has 0 aliphatic carbocycles. The van der Waals surface area contributed by atoms with E-state index in [4.69, 9.17) is 55.3 Å². The van der Waals surface area contributed by atoms with Gasteiger partial charge in [-0.2, -0.15) is 0 Å². The van der Waals surface area contributed by atoms with E-state index in [-0.39, 0.29) is 85.0 Å². The minimum atomic E-state index is -2.61. The Hall–Kier alpha value is 0.104. The molecule has 22 heteroatoms. The van der Waals surface area contributed by atoms with Crippen molar-refractivity contribution < 1.29 is 69.2 Å². The third kappa shape index (κ3) is 21.9. The molecule has 6 fully saturated rings. The number of aliphatic hydroxyl groups is 1. The van der Waals surface area contributed by atoms with Crippen LogP contribution in [0.1, 0.15) is 206 Å². The second-order valence-electron chi connectivity index (χ2n) is 38.0. The van der Waals surface area contributed by atoms with E-state index in [1.807, 2.05) is 12.1 Å². The predicted octanol–water partition coefficient (Wildman–Crippen LogP) is 19.3. The lowest BCUT2D eigenvalue weighted by Crippen LogP contribution is -2.69. The standard InChI is InChI=1S/C76H139IO15SSi5/c1-50-31-32-54(33-35-60-51(2)43-55(85-60)34-38-66-81-41-42-82-66)84-64(50)48-65-53(44-56(86-65)47-57(89-95(20,21)73(6,7)8)49-83-94(18,19)72(3,4)5)46-59(78)67(52-29-28-30-58(45-52)93(79)80)61-36-37-62-68(87-61)70(91-97(24,25)75(12,13)14)71(92-98(26,27)76(15,16)17)69(88-62)63(39-40-77)90-96(22,23)74(9,10)11/h28-30,39-40,45,51,53-57,59-71,78H,1,31-38,41-44,46-49H2,2-27H3,(H,79,80)/b40-39+/t51?,53-,54+,55-,56-,57?,59?,60-,61+,62-,63-,64+,65-,67?,68?,69?,70?,71?/m0/s1. The van der Waals surface area contributed by atoms with Crippen LogP contribution in [0.25, 0.3) is 0 Å². The summed E-state index contributed by atoms with van der Waals surface area (Å²) in [5, 5.41) is 13.3. The second kappa shape index (κ2) is 33.7. The van der Waals surface area contributed by atoms with E-state index in [0.717, 1.165) is 56.1 Å². The lowest BCUT2D eigenvalue weighted by Gasteiger charge is -2.56. The molecule has 6 saturated heterocycles. The van der Waals surface area contributed by atoms with Gasteiger partial charge in [-0.25, -0.2) is 4.21 Å². The van der Waals surface area contributed by atoms with Crippen molar-refractivity contribution >= 4 is 75.3 Å². The number of hydrogen-bond acceptors (Lipinski definition) is 14. The van der Waals surface area contributed by atoms with Gasteiger partial charge in [0.25, 0.3) is 0 Å². The Morgan fingerprint density at radius 3 is 1.81 bits per heavy atom. The first-order valence-corrected chi connectivity index (χ1v) is 54.5. The molecule has 0 aromatic heterocycles. The minimum Gasteiger partial charge on any atom is -0.414 e. The van der Waals surface area contributed by atoms with Crippen molar-refractivity contribution in [1.82, 2.24) is 0 Å². The zero-order chi connectivity index (χ0) is 73.3. The summed E-state index contributed by atoms with van der Waals surface area (Å²) in [4.78, 5) is 0.269. The van der Waals surface area contributed by atoms with E-state index < -0.39 is 107 Å². The van der Waals surface area contributed by atoms with Crippen LogP contribution >= 0.6 is 22.6 Å². The van der Waals surface area contributed by atoms with Gasteiger partial charge in [0.2, 0.25) is 0 Å². The molecular weight excluding hydrogens is 1450 g/mol. The van der Waals surface area contributed by atoms with E-state index in [9.17, 15) is 13.9 Å². The van der Waals surface area contributed by atoms with Crippen LogP contribution in [0, 0.1) is 11.8 Å². The predicted molar refractivity (Wildman–Crippen MR) is 420 cm³/mol. The van der Waals surface area contributed by atoms with Gasteiger partial charge >= 0.3 is 0 Å². The molecule has 1 aromatic rings. The van der Waals surface area contributed by atoms with Crippen LogP contribution < -0.4 is 0 Å². The number of ether oxygens (including phenoxy) is 7. The Bertz CT molecular complexity index is 2770. The fourth-order valence-electron chi connectivity index (χ4n) is 14.0. The average Bonchev–Trinajstić information content (AvgIpc) is 0.850. The van der Waals surface area contributed by atoms with Gasteiger partial charge in [0.1, 0.15) is 24.4 Å². The summed E-state index contributed by atoms with van der Waals surface area (Å²) in [5.74, 6) is -0.277. The van der Waals surface area contributed by atoms with Crippen LogP contribution in [0.2, 0.25) is 90.7 Å². The summed E-state index contributed by atoms with van der Waals surface area (Å²) in [6.07, 6.45) is 6.89. The smallest absolute Gasteiger partial charge is 0.193 e. The number of halogens is 1.